The van der Waals surface area contributed by atoms with Crippen LogP contribution in [-0.4, -0.2) is 4.98 Å². The highest BCUT2D eigenvalue weighted by molar-refractivity contribution is 7.15. The van der Waals surface area contributed by atoms with E-state index in [0.29, 0.717) is 5.13 Å². The monoisotopic (exact) mass is 246 g/mol. The van der Waals surface area contributed by atoms with Crippen molar-refractivity contribution in [2.45, 2.75) is 32.6 Å². The average molecular weight is 246 g/mol. The van der Waals surface area contributed by atoms with Gasteiger partial charge in [0.25, 0.3) is 0 Å². The second-order valence-electron chi connectivity index (χ2n) is 5.24. The largest absolute Gasteiger partial charge is 0.375 e. The molecule has 0 fully saturated rings. The van der Waals surface area contributed by atoms with Crippen LogP contribution < -0.4 is 5.73 Å². The van der Waals surface area contributed by atoms with Crippen LogP contribution in [0.4, 0.5) is 5.13 Å². The Morgan fingerprint density at radius 1 is 1.18 bits per heavy atom. The number of hydrogen-bond acceptors (Lipinski definition) is 3. The zero-order chi connectivity index (χ0) is 12.5. The molecule has 0 aliphatic carbocycles. The van der Waals surface area contributed by atoms with Gasteiger partial charge in [-0.15, -0.1) is 11.3 Å². The van der Waals surface area contributed by atoms with E-state index in [1.165, 1.54) is 10.4 Å². The number of rotatable bonds is 2. The van der Waals surface area contributed by atoms with Gasteiger partial charge in [0.05, 0.1) is 5.69 Å². The van der Waals surface area contributed by atoms with Gasteiger partial charge in [-0.25, -0.2) is 4.98 Å². The molecule has 0 radical (unpaired) electrons. The van der Waals surface area contributed by atoms with Crippen molar-refractivity contribution >= 4 is 16.5 Å². The molecular formula is C14H18N2S. The first-order valence-electron chi connectivity index (χ1n) is 5.76. The van der Waals surface area contributed by atoms with Crippen LogP contribution in [-0.2, 0) is 11.8 Å². The molecule has 90 valence electrons. The first-order valence-corrected chi connectivity index (χ1v) is 6.58. The number of nitrogens with zero attached hydrogens (tertiary/aromatic N) is 1. The Kier molecular flexibility index (Phi) is 3.20. The van der Waals surface area contributed by atoms with Gasteiger partial charge in [0, 0.05) is 16.7 Å². The average Bonchev–Trinajstić information content (AvgIpc) is 2.60. The molecular weight excluding hydrogens is 228 g/mol. The molecule has 2 N–H and O–H groups in total. The minimum absolute atomic E-state index is 0.0538. The summed E-state index contributed by atoms with van der Waals surface area (Å²) in [5, 5.41) is 0.667. The Balaban J connectivity index is 2.33. The zero-order valence-corrected chi connectivity index (χ0v) is 11.3. The highest BCUT2D eigenvalue weighted by atomic mass is 32.1. The fourth-order valence-corrected chi connectivity index (χ4v) is 2.93. The molecule has 1 heterocycles. The van der Waals surface area contributed by atoms with Crippen LogP contribution in [0.2, 0.25) is 0 Å². The van der Waals surface area contributed by atoms with Gasteiger partial charge in [-0.2, -0.15) is 0 Å². The van der Waals surface area contributed by atoms with Crippen molar-refractivity contribution in [2.24, 2.45) is 0 Å². The molecule has 0 aliphatic rings. The molecule has 0 bridgehead atoms. The van der Waals surface area contributed by atoms with Crippen LogP contribution in [0.15, 0.2) is 30.3 Å². The number of hydrogen-bond donors (Lipinski definition) is 1. The minimum atomic E-state index is 0.0538. The first-order chi connectivity index (χ1) is 7.97. The summed E-state index contributed by atoms with van der Waals surface area (Å²) in [6, 6.07) is 10.5. The van der Waals surface area contributed by atoms with Gasteiger partial charge in [-0.1, -0.05) is 51.1 Å². The van der Waals surface area contributed by atoms with Crippen molar-refractivity contribution in [3.05, 3.63) is 46.5 Å². The molecule has 0 saturated heterocycles. The van der Waals surface area contributed by atoms with Crippen LogP contribution in [0.3, 0.4) is 0 Å². The summed E-state index contributed by atoms with van der Waals surface area (Å²) < 4.78 is 0. The van der Waals surface area contributed by atoms with E-state index in [-0.39, 0.29) is 5.41 Å². The first kappa shape index (κ1) is 12.1. The molecule has 2 aromatic rings. The van der Waals surface area contributed by atoms with Gasteiger partial charge in [0.1, 0.15) is 0 Å². The Morgan fingerprint density at radius 2 is 1.82 bits per heavy atom. The highest BCUT2D eigenvalue weighted by Gasteiger charge is 2.22. The number of benzene rings is 1. The lowest BCUT2D eigenvalue weighted by Gasteiger charge is -2.17. The summed E-state index contributed by atoms with van der Waals surface area (Å²) in [7, 11) is 0. The second kappa shape index (κ2) is 4.49. The third-order valence-corrected chi connectivity index (χ3v) is 3.52. The summed E-state index contributed by atoms with van der Waals surface area (Å²) in [4.78, 5) is 5.75. The van der Waals surface area contributed by atoms with Gasteiger partial charge >= 0.3 is 0 Å². The topological polar surface area (TPSA) is 38.9 Å². The number of nitrogen functional groups attached to an aromatic ring is 1. The van der Waals surface area contributed by atoms with Gasteiger partial charge in [0.2, 0.25) is 0 Å². The summed E-state index contributed by atoms with van der Waals surface area (Å²) in [6.07, 6.45) is 0.919. The maximum absolute atomic E-state index is 5.84. The molecule has 17 heavy (non-hydrogen) atoms. The van der Waals surface area contributed by atoms with E-state index in [9.17, 15) is 0 Å². The van der Waals surface area contributed by atoms with Gasteiger partial charge in [0.15, 0.2) is 5.13 Å². The molecule has 1 aromatic heterocycles. The van der Waals surface area contributed by atoms with E-state index in [2.05, 4.69) is 50.0 Å². The lowest BCUT2D eigenvalue weighted by atomic mass is 9.90. The quantitative estimate of drug-likeness (QED) is 0.879. The van der Waals surface area contributed by atoms with Gasteiger partial charge < -0.3 is 5.73 Å². The van der Waals surface area contributed by atoms with E-state index >= 15 is 0 Å². The fourth-order valence-electron chi connectivity index (χ4n) is 1.86. The molecule has 3 heteroatoms. The highest BCUT2D eigenvalue weighted by Crippen LogP contribution is 2.32. The second-order valence-corrected chi connectivity index (χ2v) is 6.35. The SMILES string of the molecule is CC(C)(C)c1nc(N)sc1Cc1ccccc1. The van der Waals surface area contributed by atoms with Crippen molar-refractivity contribution in [3.63, 3.8) is 0 Å². The van der Waals surface area contributed by atoms with Crippen molar-refractivity contribution in [1.29, 1.82) is 0 Å². The standard InChI is InChI=1S/C14H18N2S/c1-14(2,3)12-11(17-13(15)16-12)9-10-7-5-4-6-8-10/h4-8H,9H2,1-3H3,(H2,15,16). The predicted molar refractivity (Wildman–Crippen MR) is 74.5 cm³/mol. The molecule has 0 amide bonds. The Bertz CT molecular complexity index is 495. The van der Waals surface area contributed by atoms with E-state index < -0.39 is 0 Å². The van der Waals surface area contributed by atoms with Gasteiger partial charge in [-0.3, -0.25) is 0 Å². The molecule has 0 atom stereocenters. The smallest absolute Gasteiger partial charge is 0.180 e. The van der Waals surface area contributed by atoms with Crippen LogP contribution in [0, 0.1) is 0 Å². The van der Waals surface area contributed by atoms with Crippen LogP contribution in [0.1, 0.15) is 36.9 Å². The van der Waals surface area contributed by atoms with E-state index in [1.54, 1.807) is 11.3 Å². The summed E-state index contributed by atoms with van der Waals surface area (Å²) >= 11 is 1.60. The molecule has 2 nitrogen and oxygen atoms in total. The molecule has 1 aromatic carbocycles. The Morgan fingerprint density at radius 3 is 2.41 bits per heavy atom. The predicted octanol–water partition coefficient (Wildman–Crippen LogP) is 3.61. The summed E-state index contributed by atoms with van der Waals surface area (Å²) in [5.74, 6) is 0. The zero-order valence-electron chi connectivity index (χ0n) is 10.5. The van der Waals surface area contributed by atoms with Crippen molar-refractivity contribution < 1.29 is 0 Å². The molecule has 2 rings (SSSR count). The maximum Gasteiger partial charge on any atom is 0.180 e. The third kappa shape index (κ3) is 2.86. The van der Waals surface area contributed by atoms with Gasteiger partial charge in [-0.05, 0) is 5.56 Å². The Hall–Kier alpha value is -1.35. The Labute approximate surface area is 107 Å². The number of aromatic nitrogens is 1. The third-order valence-electron chi connectivity index (χ3n) is 2.63. The lowest BCUT2D eigenvalue weighted by Crippen LogP contribution is -2.14. The van der Waals surface area contributed by atoms with Crippen molar-refractivity contribution in [2.75, 3.05) is 5.73 Å². The minimum Gasteiger partial charge on any atom is -0.375 e. The molecule has 0 unspecified atom stereocenters. The summed E-state index contributed by atoms with van der Waals surface area (Å²) in [5.41, 5.74) is 8.33. The van der Waals surface area contributed by atoms with E-state index in [1.807, 2.05) is 6.07 Å². The number of thiazole rings is 1. The number of nitrogens with two attached hydrogens (primary N) is 1. The maximum atomic E-state index is 5.84. The van der Waals surface area contributed by atoms with Crippen molar-refractivity contribution in [3.8, 4) is 0 Å². The van der Waals surface area contributed by atoms with Crippen LogP contribution >= 0.6 is 11.3 Å². The van der Waals surface area contributed by atoms with Crippen molar-refractivity contribution in [1.82, 2.24) is 4.98 Å². The molecule has 0 spiro atoms. The van der Waals surface area contributed by atoms with Crippen LogP contribution in [0.25, 0.3) is 0 Å². The molecule has 0 saturated carbocycles. The van der Waals surface area contributed by atoms with E-state index in [4.69, 9.17) is 5.73 Å². The summed E-state index contributed by atoms with van der Waals surface area (Å²) in [6.45, 7) is 6.53. The fraction of sp³-hybridized carbons (Fsp3) is 0.357. The lowest BCUT2D eigenvalue weighted by molar-refractivity contribution is 0.568. The van der Waals surface area contributed by atoms with Crippen LogP contribution in [0.5, 0.6) is 0 Å². The van der Waals surface area contributed by atoms with E-state index in [0.717, 1.165) is 12.1 Å². The normalized spacial score (nSPS) is 11.7. The number of anilines is 1. The molecule has 0 aliphatic heterocycles.